The number of thiophene rings is 1. The van der Waals surface area contributed by atoms with Crippen LogP contribution >= 0.6 is 23.1 Å². The van der Waals surface area contributed by atoms with Gasteiger partial charge in [-0.1, -0.05) is 67.2 Å². The molecule has 0 saturated heterocycles. The van der Waals surface area contributed by atoms with Crippen molar-refractivity contribution >= 4 is 44.9 Å². The van der Waals surface area contributed by atoms with Gasteiger partial charge >= 0.3 is 0 Å². The van der Waals surface area contributed by atoms with Gasteiger partial charge in [-0.25, -0.2) is 8.97 Å². The van der Waals surface area contributed by atoms with Crippen LogP contribution in [-0.4, -0.2) is 30.7 Å². The molecule has 34 heavy (non-hydrogen) atoms. The second-order valence-electron chi connectivity index (χ2n) is 8.70. The molecule has 0 amide bonds. The fraction of sp³-hybridized carbons (Fsp3) is 0.231. The maximum absolute atomic E-state index is 13.8. The lowest BCUT2D eigenvalue weighted by molar-refractivity contribution is 0.102. The van der Waals surface area contributed by atoms with Gasteiger partial charge in [-0.2, -0.15) is 0 Å². The van der Waals surface area contributed by atoms with Gasteiger partial charge in [0.25, 0.3) is 5.56 Å². The van der Waals surface area contributed by atoms with Crippen molar-refractivity contribution < 1.29 is 4.79 Å². The van der Waals surface area contributed by atoms with Crippen molar-refractivity contribution in [2.75, 3.05) is 5.75 Å². The van der Waals surface area contributed by atoms with E-state index in [0.717, 1.165) is 35.2 Å². The smallest absolute Gasteiger partial charge is 0.268 e. The van der Waals surface area contributed by atoms with Crippen LogP contribution in [0.3, 0.4) is 0 Å². The number of nitrogens with zero attached hydrogens (tertiary/aromatic N) is 4. The Kier molecular flexibility index (Phi) is 5.34. The molecule has 8 heteroatoms. The molecule has 0 fully saturated rings. The molecule has 170 valence electrons. The van der Waals surface area contributed by atoms with Crippen LogP contribution in [0.25, 0.3) is 21.7 Å². The summed E-state index contributed by atoms with van der Waals surface area (Å²) in [5, 5.41) is 10.2. The third kappa shape index (κ3) is 3.49. The van der Waals surface area contributed by atoms with Gasteiger partial charge in [0.15, 0.2) is 10.9 Å². The molecule has 6 rings (SSSR count). The predicted molar refractivity (Wildman–Crippen MR) is 137 cm³/mol. The number of carbonyl (C=O) groups excluding carboxylic acids is 1. The Bertz CT molecular complexity index is 1590. The summed E-state index contributed by atoms with van der Waals surface area (Å²) in [5.41, 5.74) is 2.55. The number of benzene rings is 2. The van der Waals surface area contributed by atoms with Crippen LogP contribution in [0.2, 0.25) is 0 Å². The number of fused-ring (bicyclic) bond motifs is 5. The fourth-order valence-electron chi connectivity index (χ4n) is 4.64. The highest BCUT2D eigenvalue weighted by molar-refractivity contribution is 7.99. The number of para-hydroxylation sites is 1. The summed E-state index contributed by atoms with van der Waals surface area (Å²) in [4.78, 5) is 28.8. The third-order valence-corrected chi connectivity index (χ3v) is 8.54. The molecule has 5 aromatic rings. The number of aromatic nitrogens is 4. The first-order chi connectivity index (χ1) is 16.6. The molecule has 1 aliphatic rings. The van der Waals surface area contributed by atoms with E-state index in [9.17, 15) is 9.59 Å². The van der Waals surface area contributed by atoms with E-state index in [1.807, 2.05) is 65.1 Å². The SMILES string of the molecule is C[C@H]1CCc2c(sc3c2c(=O)n(-c2ccccc2)c2nnc(SCC(=O)c4ccccc4)n32)C1. The highest BCUT2D eigenvalue weighted by Crippen LogP contribution is 2.38. The number of hydrogen-bond acceptors (Lipinski definition) is 6. The van der Waals surface area contributed by atoms with Gasteiger partial charge in [-0.3, -0.25) is 9.59 Å². The van der Waals surface area contributed by atoms with E-state index >= 15 is 0 Å². The van der Waals surface area contributed by atoms with Gasteiger partial charge in [-0.05, 0) is 42.9 Å². The van der Waals surface area contributed by atoms with Crippen LogP contribution in [0, 0.1) is 5.92 Å². The number of thioether (sulfide) groups is 1. The summed E-state index contributed by atoms with van der Waals surface area (Å²) in [5.74, 6) is 1.36. The van der Waals surface area contributed by atoms with Crippen LogP contribution < -0.4 is 5.56 Å². The second-order valence-corrected chi connectivity index (χ2v) is 10.7. The lowest BCUT2D eigenvalue weighted by Gasteiger charge is -2.17. The normalized spacial score (nSPS) is 15.6. The van der Waals surface area contributed by atoms with Crippen molar-refractivity contribution in [2.45, 2.75) is 31.3 Å². The average molecular weight is 487 g/mol. The first kappa shape index (κ1) is 21.3. The number of aryl methyl sites for hydroxylation is 1. The van der Waals surface area contributed by atoms with Crippen LogP contribution in [0.15, 0.2) is 70.6 Å². The maximum atomic E-state index is 13.8. The van der Waals surface area contributed by atoms with Gasteiger partial charge in [0.1, 0.15) is 4.83 Å². The highest BCUT2D eigenvalue weighted by atomic mass is 32.2. The molecule has 3 aromatic heterocycles. The lowest BCUT2D eigenvalue weighted by atomic mass is 9.89. The zero-order valence-corrected chi connectivity index (χ0v) is 20.2. The van der Waals surface area contributed by atoms with Gasteiger partial charge in [-0.15, -0.1) is 21.5 Å². The molecular formula is C26H22N4O2S2. The summed E-state index contributed by atoms with van der Waals surface area (Å²) in [6, 6.07) is 18.9. The highest BCUT2D eigenvalue weighted by Gasteiger charge is 2.27. The first-order valence-electron chi connectivity index (χ1n) is 11.3. The fourth-order valence-corrected chi connectivity index (χ4v) is 7.03. The standard InChI is InChI=1S/C26H22N4O2S2/c1-16-12-13-19-21(14-16)34-24-22(19)23(32)29(18-10-6-3-7-11-18)25-27-28-26(30(24)25)33-15-20(31)17-8-4-2-5-9-17/h2-11,16H,12-15H2,1H3/t16-/m0/s1. The first-order valence-corrected chi connectivity index (χ1v) is 13.1. The van der Waals surface area contributed by atoms with E-state index in [1.54, 1.807) is 15.9 Å². The second kappa shape index (κ2) is 8.52. The van der Waals surface area contributed by atoms with E-state index < -0.39 is 0 Å². The van der Waals surface area contributed by atoms with Crippen molar-refractivity contribution in [3.05, 3.63) is 87.0 Å². The van der Waals surface area contributed by atoms with Crippen molar-refractivity contribution in [1.82, 2.24) is 19.2 Å². The molecule has 1 aliphatic carbocycles. The molecule has 0 aliphatic heterocycles. The Morgan fingerprint density at radius 2 is 1.82 bits per heavy atom. The predicted octanol–water partition coefficient (Wildman–Crippen LogP) is 5.19. The topological polar surface area (TPSA) is 69.3 Å². The van der Waals surface area contributed by atoms with Crippen molar-refractivity contribution in [3.63, 3.8) is 0 Å². The molecule has 1 atom stereocenters. The number of carbonyl (C=O) groups is 1. The zero-order chi connectivity index (χ0) is 23.2. The molecule has 0 N–H and O–H groups in total. The molecule has 0 spiro atoms. The molecular weight excluding hydrogens is 464 g/mol. The Hall–Kier alpha value is -3.23. The third-order valence-electron chi connectivity index (χ3n) is 6.37. The Balaban J connectivity index is 1.54. The van der Waals surface area contributed by atoms with Crippen LogP contribution in [0.1, 0.15) is 34.1 Å². The molecule has 0 bridgehead atoms. The van der Waals surface area contributed by atoms with Crippen LogP contribution in [0.5, 0.6) is 0 Å². The van der Waals surface area contributed by atoms with Crippen LogP contribution in [-0.2, 0) is 12.8 Å². The van der Waals surface area contributed by atoms with E-state index in [-0.39, 0.29) is 17.1 Å². The summed E-state index contributed by atoms with van der Waals surface area (Å²) in [6.07, 6.45) is 2.97. The minimum Gasteiger partial charge on any atom is -0.293 e. The molecule has 0 saturated carbocycles. The van der Waals surface area contributed by atoms with Crippen molar-refractivity contribution in [3.8, 4) is 5.69 Å². The number of Topliss-reactive ketones (excluding diaryl/α,β-unsaturated/α-hetero) is 1. The molecule has 0 radical (unpaired) electrons. The van der Waals surface area contributed by atoms with E-state index in [0.29, 0.717) is 22.4 Å². The van der Waals surface area contributed by atoms with E-state index in [1.165, 1.54) is 22.2 Å². The van der Waals surface area contributed by atoms with Gasteiger partial charge in [0.2, 0.25) is 5.78 Å². The van der Waals surface area contributed by atoms with Gasteiger partial charge < -0.3 is 0 Å². The number of hydrogen-bond donors (Lipinski definition) is 0. The van der Waals surface area contributed by atoms with Crippen molar-refractivity contribution in [1.29, 1.82) is 0 Å². The number of ketones is 1. The average Bonchev–Trinajstić information content (AvgIpc) is 3.45. The monoisotopic (exact) mass is 486 g/mol. The minimum atomic E-state index is -0.0509. The minimum absolute atomic E-state index is 0.0364. The Labute approximate surface area is 204 Å². The lowest BCUT2D eigenvalue weighted by Crippen LogP contribution is -2.22. The summed E-state index contributed by atoms with van der Waals surface area (Å²) >= 11 is 3.03. The summed E-state index contributed by atoms with van der Waals surface area (Å²) in [7, 11) is 0. The van der Waals surface area contributed by atoms with Gasteiger partial charge in [0, 0.05) is 10.4 Å². The summed E-state index contributed by atoms with van der Waals surface area (Å²) in [6.45, 7) is 2.26. The molecule has 2 aromatic carbocycles. The zero-order valence-electron chi connectivity index (χ0n) is 18.6. The Morgan fingerprint density at radius 1 is 1.09 bits per heavy atom. The van der Waals surface area contributed by atoms with Crippen LogP contribution in [0.4, 0.5) is 0 Å². The molecule has 3 heterocycles. The summed E-state index contributed by atoms with van der Waals surface area (Å²) < 4.78 is 3.63. The van der Waals surface area contributed by atoms with E-state index in [2.05, 4.69) is 17.1 Å². The van der Waals surface area contributed by atoms with E-state index in [4.69, 9.17) is 0 Å². The molecule has 0 unspecified atom stereocenters. The quantitative estimate of drug-likeness (QED) is 0.252. The Morgan fingerprint density at radius 3 is 2.59 bits per heavy atom. The van der Waals surface area contributed by atoms with Crippen molar-refractivity contribution in [2.24, 2.45) is 5.92 Å². The molecule has 6 nitrogen and oxygen atoms in total. The van der Waals surface area contributed by atoms with Gasteiger partial charge in [0.05, 0.1) is 16.8 Å². The number of rotatable bonds is 5. The maximum Gasteiger partial charge on any atom is 0.268 e. The largest absolute Gasteiger partial charge is 0.293 e.